The number of carbonyl (C=O) groups excluding carboxylic acids is 3. The van der Waals surface area contributed by atoms with Crippen molar-refractivity contribution in [3.05, 3.63) is 102 Å². The summed E-state index contributed by atoms with van der Waals surface area (Å²) in [5.41, 5.74) is 5.68. The third-order valence-electron chi connectivity index (χ3n) is 4.35. The molecule has 3 N–H and O–H groups in total. The molecule has 162 valence electrons. The van der Waals surface area contributed by atoms with E-state index < -0.39 is 17.7 Å². The van der Waals surface area contributed by atoms with Crippen molar-refractivity contribution in [3.63, 3.8) is 0 Å². The summed E-state index contributed by atoms with van der Waals surface area (Å²) in [6.45, 7) is 0.0203. The van der Waals surface area contributed by atoms with E-state index in [9.17, 15) is 14.4 Å². The fourth-order valence-corrected chi connectivity index (χ4v) is 2.78. The predicted molar refractivity (Wildman–Crippen MR) is 118 cm³/mol. The van der Waals surface area contributed by atoms with E-state index in [1.165, 1.54) is 13.2 Å². The Morgan fingerprint density at radius 2 is 1.62 bits per heavy atom. The second kappa shape index (κ2) is 11.1. The minimum Gasteiger partial charge on any atom is -0.497 e. The molecule has 0 unspecified atom stereocenters. The van der Waals surface area contributed by atoms with Crippen molar-refractivity contribution in [3.8, 4) is 5.75 Å². The maximum atomic E-state index is 12.8. The number of ether oxygens (including phenoxy) is 1. The highest BCUT2D eigenvalue weighted by atomic mass is 16.5. The van der Waals surface area contributed by atoms with Gasteiger partial charge in [-0.3, -0.25) is 25.2 Å². The molecule has 0 aliphatic carbocycles. The lowest BCUT2D eigenvalue weighted by Gasteiger charge is -2.12. The summed E-state index contributed by atoms with van der Waals surface area (Å²) >= 11 is 0. The van der Waals surface area contributed by atoms with Gasteiger partial charge in [0.05, 0.1) is 7.11 Å². The van der Waals surface area contributed by atoms with Crippen molar-refractivity contribution < 1.29 is 23.7 Å². The molecule has 8 heteroatoms. The maximum Gasteiger partial charge on any atom is 0.304 e. The lowest BCUT2D eigenvalue weighted by atomic mass is 10.1. The molecule has 0 spiro atoms. The van der Waals surface area contributed by atoms with Crippen LogP contribution in [0.15, 0.2) is 90.9 Å². The molecular formula is C24H23N4O4+. The van der Waals surface area contributed by atoms with Crippen LogP contribution >= 0.6 is 0 Å². The number of hydrogen-bond acceptors (Lipinski definition) is 4. The van der Waals surface area contributed by atoms with Gasteiger partial charge in [0.1, 0.15) is 11.4 Å². The summed E-state index contributed by atoms with van der Waals surface area (Å²) < 4.78 is 6.86. The van der Waals surface area contributed by atoms with Crippen LogP contribution in [-0.4, -0.2) is 24.8 Å². The predicted octanol–water partition coefficient (Wildman–Crippen LogP) is 1.60. The summed E-state index contributed by atoms with van der Waals surface area (Å²) in [7, 11) is 1.54. The van der Waals surface area contributed by atoms with Gasteiger partial charge in [-0.15, -0.1) is 0 Å². The van der Waals surface area contributed by atoms with Crippen LogP contribution in [0.5, 0.6) is 5.75 Å². The van der Waals surface area contributed by atoms with Crippen molar-refractivity contribution in [1.29, 1.82) is 0 Å². The zero-order valence-corrected chi connectivity index (χ0v) is 17.4. The van der Waals surface area contributed by atoms with E-state index in [1.54, 1.807) is 83.7 Å². The molecule has 0 fully saturated rings. The molecule has 0 bridgehead atoms. The molecule has 3 rings (SSSR count). The zero-order chi connectivity index (χ0) is 22.8. The van der Waals surface area contributed by atoms with Gasteiger partial charge in [0.15, 0.2) is 12.4 Å². The van der Waals surface area contributed by atoms with E-state index in [-0.39, 0.29) is 12.2 Å². The molecule has 0 aliphatic heterocycles. The summed E-state index contributed by atoms with van der Waals surface area (Å²) in [6.07, 6.45) is 4.96. The third-order valence-corrected chi connectivity index (χ3v) is 4.35. The van der Waals surface area contributed by atoms with E-state index in [0.717, 1.165) is 0 Å². The molecule has 3 aromatic rings. The molecule has 0 saturated carbocycles. The Bertz CT molecular complexity index is 1120. The topological polar surface area (TPSA) is 100 Å². The summed E-state index contributed by atoms with van der Waals surface area (Å²) in [4.78, 5) is 37.5. The van der Waals surface area contributed by atoms with Gasteiger partial charge >= 0.3 is 5.91 Å². The van der Waals surface area contributed by atoms with Crippen LogP contribution in [0.4, 0.5) is 0 Å². The van der Waals surface area contributed by atoms with Gasteiger partial charge in [0, 0.05) is 17.7 Å². The zero-order valence-electron chi connectivity index (χ0n) is 17.4. The van der Waals surface area contributed by atoms with Gasteiger partial charge in [0.25, 0.3) is 11.8 Å². The molecular weight excluding hydrogens is 408 g/mol. The van der Waals surface area contributed by atoms with Gasteiger partial charge in [-0.1, -0.05) is 36.4 Å². The molecule has 0 aliphatic rings. The Morgan fingerprint density at radius 3 is 2.34 bits per heavy atom. The monoisotopic (exact) mass is 431 g/mol. The first kappa shape index (κ1) is 22.2. The minimum absolute atomic E-state index is 0.0203. The fraction of sp³-hybridized carbons (Fsp3) is 0.0833. The van der Waals surface area contributed by atoms with Gasteiger partial charge in [-0.25, -0.2) is 0 Å². The van der Waals surface area contributed by atoms with Gasteiger partial charge in [-0.2, -0.15) is 4.57 Å². The lowest BCUT2D eigenvalue weighted by molar-refractivity contribution is -0.684. The Hall–Kier alpha value is -4.46. The van der Waals surface area contributed by atoms with Gasteiger partial charge in [0.2, 0.25) is 6.54 Å². The number of hydrazine groups is 1. The molecule has 8 nitrogen and oxygen atoms in total. The van der Waals surface area contributed by atoms with Crippen molar-refractivity contribution in [1.82, 2.24) is 16.2 Å². The SMILES string of the molecule is COc1cccc(C=C(NC(=O)c2ccccc2)C(=O)NNC(=O)C[n+]2ccccc2)c1. The van der Waals surface area contributed by atoms with Gasteiger partial charge in [-0.05, 0) is 35.9 Å². The summed E-state index contributed by atoms with van der Waals surface area (Å²) in [5.74, 6) is -0.963. The molecule has 0 radical (unpaired) electrons. The molecule has 1 aromatic heterocycles. The average Bonchev–Trinajstić information content (AvgIpc) is 2.83. The minimum atomic E-state index is -0.677. The number of nitrogens with zero attached hydrogens (tertiary/aromatic N) is 1. The molecule has 3 amide bonds. The Kier molecular flexibility index (Phi) is 7.69. The number of methoxy groups -OCH3 is 1. The summed E-state index contributed by atoms with van der Waals surface area (Å²) in [6, 6.07) is 20.9. The third kappa shape index (κ3) is 6.53. The fourth-order valence-electron chi connectivity index (χ4n) is 2.78. The van der Waals surface area contributed by atoms with Crippen LogP contribution in [0.3, 0.4) is 0 Å². The van der Waals surface area contributed by atoms with Crippen LogP contribution in [0, 0.1) is 0 Å². The number of aromatic nitrogens is 1. The number of pyridine rings is 1. The molecule has 32 heavy (non-hydrogen) atoms. The largest absolute Gasteiger partial charge is 0.497 e. The van der Waals surface area contributed by atoms with Crippen LogP contribution in [0.1, 0.15) is 15.9 Å². The first-order valence-electron chi connectivity index (χ1n) is 9.80. The van der Waals surface area contributed by atoms with E-state index in [4.69, 9.17) is 4.74 Å². The van der Waals surface area contributed by atoms with Crippen molar-refractivity contribution >= 4 is 23.8 Å². The lowest BCUT2D eigenvalue weighted by Crippen LogP contribution is -2.50. The van der Waals surface area contributed by atoms with E-state index in [0.29, 0.717) is 16.9 Å². The summed E-state index contributed by atoms with van der Waals surface area (Å²) in [5, 5.41) is 2.61. The first-order valence-corrected chi connectivity index (χ1v) is 9.80. The van der Waals surface area contributed by atoms with Crippen molar-refractivity contribution in [2.75, 3.05) is 7.11 Å². The quantitative estimate of drug-likeness (QED) is 0.301. The highest BCUT2D eigenvalue weighted by molar-refractivity contribution is 6.05. The molecule has 0 saturated heterocycles. The Labute approximate surface area is 185 Å². The molecule has 1 heterocycles. The standard InChI is InChI=1S/C24H22N4O4/c1-32-20-12-8-9-18(15-20)16-21(25-23(30)19-10-4-2-5-11-19)24(31)27-26-22(29)17-28-13-6-3-7-14-28/h2-16H,17H2,1H3,(H2-,25,26,27,29,30,31)/p+1. The smallest absolute Gasteiger partial charge is 0.304 e. The highest BCUT2D eigenvalue weighted by Crippen LogP contribution is 2.15. The average molecular weight is 431 g/mol. The molecule has 2 aromatic carbocycles. The van der Waals surface area contributed by atoms with E-state index >= 15 is 0 Å². The Balaban J connectivity index is 1.74. The normalized spacial score (nSPS) is 10.7. The van der Waals surface area contributed by atoms with Gasteiger partial charge < -0.3 is 10.1 Å². The second-order valence-electron chi connectivity index (χ2n) is 6.70. The van der Waals surface area contributed by atoms with E-state index in [2.05, 4.69) is 16.2 Å². The van der Waals surface area contributed by atoms with Crippen molar-refractivity contribution in [2.24, 2.45) is 0 Å². The maximum absolute atomic E-state index is 12.8. The number of nitrogens with one attached hydrogen (secondary N) is 3. The first-order chi connectivity index (χ1) is 15.5. The van der Waals surface area contributed by atoms with Crippen LogP contribution in [-0.2, 0) is 16.1 Å². The second-order valence-corrected chi connectivity index (χ2v) is 6.70. The Morgan fingerprint density at radius 1 is 0.906 bits per heavy atom. The van der Waals surface area contributed by atoms with E-state index in [1.807, 2.05) is 6.07 Å². The highest BCUT2D eigenvalue weighted by Gasteiger charge is 2.16. The number of amides is 3. The molecule has 0 atom stereocenters. The number of hydrogen-bond donors (Lipinski definition) is 3. The number of benzene rings is 2. The number of carbonyl (C=O) groups is 3. The van der Waals surface area contributed by atoms with Crippen LogP contribution in [0.2, 0.25) is 0 Å². The van der Waals surface area contributed by atoms with Crippen molar-refractivity contribution in [2.45, 2.75) is 6.54 Å². The number of rotatable bonds is 7. The van der Waals surface area contributed by atoms with Crippen LogP contribution < -0.4 is 25.5 Å². The van der Waals surface area contributed by atoms with Crippen LogP contribution in [0.25, 0.3) is 6.08 Å².